The highest BCUT2D eigenvalue weighted by Crippen LogP contribution is 2.18. The molecule has 2 nitrogen and oxygen atoms in total. The molecule has 0 aromatic rings. The van der Waals surface area contributed by atoms with Crippen LogP contribution in [0.25, 0.3) is 0 Å². The van der Waals surface area contributed by atoms with Gasteiger partial charge in [-0.2, -0.15) is 0 Å². The fourth-order valence-electron chi connectivity index (χ4n) is 2.86. The number of ether oxygens (including phenoxy) is 1. The SMILES string of the molecule is CCCCCCCCCCCCCCCCCOC(=O)C=C(Cl)C(Cl)Cl. The first-order chi connectivity index (χ1) is 12.6. The molecule has 26 heavy (non-hydrogen) atoms. The van der Waals surface area contributed by atoms with Gasteiger partial charge in [0.1, 0.15) is 4.84 Å². The molecule has 0 amide bonds. The number of unbranched alkanes of at least 4 members (excludes halogenated alkanes) is 14. The molecule has 0 aliphatic carbocycles. The largest absolute Gasteiger partial charge is 0.463 e. The van der Waals surface area contributed by atoms with Gasteiger partial charge in [-0.25, -0.2) is 4.79 Å². The monoisotopic (exact) mass is 426 g/mol. The molecule has 0 bridgehead atoms. The second-order valence-electron chi connectivity index (χ2n) is 6.95. The zero-order chi connectivity index (χ0) is 19.5. The van der Waals surface area contributed by atoms with Crippen molar-refractivity contribution in [3.8, 4) is 0 Å². The number of hydrogen-bond donors (Lipinski definition) is 0. The van der Waals surface area contributed by atoms with E-state index >= 15 is 0 Å². The van der Waals surface area contributed by atoms with Crippen molar-refractivity contribution < 1.29 is 9.53 Å². The molecular formula is C21H37Cl3O2. The number of alkyl halides is 2. The molecule has 154 valence electrons. The van der Waals surface area contributed by atoms with Crippen LogP contribution in [0.4, 0.5) is 0 Å². The first-order valence-electron chi connectivity index (χ1n) is 10.4. The lowest BCUT2D eigenvalue weighted by molar-refractivity contribution is -0.137. The zero-order valence-corrected chi connectivity index (χ0v) is 18.7. The molecule has 0 radical (unpaired) electrons. The minimum absolute atomic E-state index is 0.0924. The molecule has 0 heterocycles. The number of carbonyl (C=O) groups excluding carboxylic acids is 1. The van der Waals surface area contributed by atoms with E-state index in [0.717, 1.165) is 18.9 Å². The molecule has 0 saturated carbocycles. The number of hydrogen-bond acceptors (Lipinski definition) is 2. The van der Waals surface area contributed by atoms with Crippen LogP contribution in [0.1, 0.15) is 103 Å². The summed E-state index contributed by atoms with van der Waals surface area (Å²) in [6.07, 6.45) is 20.9. The summed E-state index contributed by atoms with van der Waals surface area (Å²) in [6, 6.07) is 0. The maximum absolute atomic E-state index is 11.4. The quantitative estimate of drug-likeness (QED) is 0.0950. The number of allylic oxidation sites excluding steroid dienone is 1. The molecular weight excluding hydrogens is 391 g/mol. The first kappa shape index (κ1) is 26.1. The number of carbonyl (C=O) groups is 1. The Hall–Kier alpha value is 0.0800. The molecule has 5 heteroatoms. The van der Waals surface area contributed by atoms with Crippen molar-refractivity contribution in [1.29, 1.82) is 0 Å². The average Bonchev–Trinajstić information content (AvgIpc) is 2.61. The van der Waals surface area contributed by atoms with Gasteiger partial charge in [-0.3, -0.25) is 0 Å². The van der Waals surface area contributed by atoms with Crippen LogP contribution in [-0.2, 0) is 9.53 Å². The average molecular weight is 428 g/mol. The van der Waals surface area contributed by atoms with Crippen LogP contribution in [0.15, 0.2) is 11.1 Å². The summed E-state index contributed by atoms with van der Waals surface area (Å²) < 4.78 is 5.06. The van der Waals surface area contributed by atoms with Gasteiger partial charge in [0.25, 0.3) is 0 Å². The normalized spacial score (nSPS) is 12.0. The van der Waals surface area contributed by atoms with Gasteiger partial charge >= 0.3 is 5.97 Å². The van der Waals surface area contributed by atoms with E-state index in [1.165, 1.54) is 83.5 Å². The molecule has 0 aliphatic heterocycles. The first-order valence-corrected chi connectivity index (χ1v) is 11.6. The third-order valence-corrected chi connectivity index (χ3v) is 5.48. The lowest BCUT2D eigenvalue weighted by atomic mass is 10.0. The Bertz CT molecular complexity index is 357. The topological polar surface area (TPSA) is 26.3 Å². The van der Waals surface area contributed by atoms with Gasteiger partial charge < -0.3 is 4.74 Å². The summed E-state index contributed by atoms with van der Waals surface area (Å²) in [6.45, 7) is 2.69. The second-order valence-corrected chi connectivity index (χ2v) is 8.48. The predicted molar refractivity (Wildman–Crippen MR) is 115 cm³/mol. The van der Waals surface area contributed by atoms with Gasteiger partial charge in [0.05, 0.1) is 11.6 Å². The van der Waals surface area contributed by atoms with E-state index in [-0.39, 0.29) is 5.03 Å². The van der Waals surface area contributed by atoms with Crippen molar-refractivity contribution in [2.45, 2.75) is 108 Å². The van der Waals surface area contributed by atoms with Gasteiger partial charge in [-0.15, -0.1) is 0 Å². The summed E-state index contributed by atoms with van der Waals surface area (Å²) >= 11 is 16.7. The number of halogens is 3. The van der Waals surface area contributed by atoms with E-state index in [0.29, 0.717) is 6.61 Å². The van der Waals surface area contributed by atoms with Crippen LogP contribution in [0, 0.1) is 0 Å². The summed E-state index contributed by atoms with van der Waals surface area (Å²) in [4.78, 5) is 10.5. The molecule has 0 rings (SSSR count). The van der Waals surface area contributed by atoms with Crippen LogP contribution in [0.2, 0.25) is 0 Å². The van der Waals surface area contributed by atoms with Crippen LogP contribution >= 0.6 is 34.8 Å². The Morgan fingerprint density at radius 3 is 1.54 bits per heavy atom. The van der Waals surface area contributed by atoms with E-state index in [1.807, 2.05) is 0 Å². The lowest BCUT2D eigenvalue weighted by Crippen LogP contribution is -2.04. The van der Waals surface area contributed by atoms with E-state index in [1.54, 1.807) is 0 Å². The van der Waals surface area contributed by atoms with Gasteiger partial charge in [-0.1, -0.05) is 132 Å². The van der Waals surface area contributed by atoms with Crippen molar-refractivity contribution in [1.82, 2.24) is 0 Å². The number of esters is 1. The molecule has 0 fully saturated rings. The highest BCUT2D eigenvalue weighted by atomic mass is 35.5. The smallest absolute Gasteiger partial charge is 0.332 e. The molecule has 0 aliphatic rings. The lowest BCUT2D eigenvalue weighted by Gasteiger charge is -2.04. The van der Waals surface area contributed by atoms with Crippen molar-refractivity contribution in [3.63, 3.8) is 0 Å². The molecule has 0 spiro atoms. The molecule has 0 N–H and O–H groups in total. The molecule has 0 saturated heterocycles. The van der Waals surface area contributed by atoms with E-state index in [2.05, 4.69) is 6.92 Å². The van der Waals surface area contributed by atoms with Gasteiger partial charge in [0.2, 0.25) is 0 Å². The van der Waals surface area contributed by atoms with E-state index in [9.17, 15) is 4.79 Å². The predicted octanol–water partition coefficient (Wildman–Crippen LogP) is 8.33. The maximum Gasteiger partial charge on any atom is 0.332 e. The van der Waals surface area contributed by atoms with Gasteiger partial charge in [0.15, 0.2) is 0 Å². The van der Waals surface area contributed by atoms with Crippen LogP contribution in [0.3, 0.4) is 0 Å². The van der Waals surface area contributed by atoms with Crippen molar-refractivity contribution in [3.05, 3.63) is 11.1 Å². The van der Waals surface area contributed by atoms with Crippen molar-refractivity contribution in [2.24, 2.45) is 0 Å². The highest BCUT2D eigenvalue weighted by molar-refractivity contribution is 6.52. The summed E-state index contributed by atoms with van der Waals surface area (Å²) in [5.74, 6) is -0.480. The van der Waals surface area contributed by atoms with Crippen LogP contribution in [-0.4, -0.2) is 17.4 Å². The van der Waals surface area contributed by atoms with Crippen LogP contribution < -0.4 is 0 Å². The van der Waals surface area contributed by atoms with Gasteiger partial charge in [0, 0.05) is 6.08 Å². The number of rotatable bonds is 18. The maximum atomic E-state index is 11.4. The minimum Gasteiger partial charge on any atom is -0.463 e. The molecule has 0 unspecified atom stereocenters. The Kier molecular flexibility index (Phi) is 19.9. The molecule has 0 atom stereocenters. The molecule has 0 aromatic heterocycles. The summed E-state index contributed by atoms with van der Waals surface area (Å²) in [7, 11) is 0. The Labute approximate surface area is 176 Å². The fraction of sp³-hybridized carbons (Fsp3) is 0.857. The zero-order valence-electron chi connectivity index (χ0n) is 16.4. The third-order valence-electron chi connectivity index (χ3n) is 4.46. The standard InChI is InChI=1S/C21H37Cl3O2/c1-2-3-4-5-6-7-8-9-10-11-12-13-14-15-16-17-26-20(25)18-19(22)21(23)24/h18,21H,2-17H2,1H3. The minimum atomic E-state index is -0.880. The Morgan fingerprint density at radius 2 is 1.15 bits per heavy atom. The van der Waals surface area contributed by atoms with Crippen LogP contribution in [0.5, 0.6) is 0 Å². The van der Waals surface area contributed by atoms with E-state index in [4.69, 9.17) is 39.5 Å². The van der Waals surface area contributed by atoms with E-state index < -0.39 is 10.8 Å². The van der Waals surface area contributed by atoms with Gasteiger partial charge in [-0.05, 0) is 6.42 Å². The fourth-order valence-corrected chi connectivity index (χ4v) is 3.08. The Morgan fingerprint density at radius 1 is 0.769 bits per heavy atom. The molecule has 0 aromatic carbocycles. The third kappa shape index (κ3) is 18.9. The van der Waals surface area contributed by atoms with Crippen molar-refractivity contribution >= 4 is 40.8 Å². The van der Waals surface area contributed by atoms with Crippen molar-refractivity contribution in [2.75, 3.05) is 6.61 Å². The summed E-state index contributed by atoms with van der Waals surface area (Å²) in [5.41, 5.74) is 0. The highest BCUT2D eigenvalue weighted by Gasteiger charge is 2.07. The second kappa shape index (κ2) is 19.8. The summed E-state index contributed by atoms with van der Waals surface area (Å²) in [5, 5.41) is 0.0924. The Balaban J connectivity index is 3.22.